The lowest BCUT2D eigenvalue weighted by molar-refractivity contribution is 0.292. The first kappa shape index (κ1) is 17.9. The van der Waals surface area contributed by atoms with Crippen molar-refractivity contribution in [2.24, 2.45) is 14.1 Å². The molecule has 0 aliphatic carbocycles. The number of aromatic nitrogens is 4. The van der Waals surface area contributed by atoms with Gasteiger partial charge in [0, 0.05) is 27.2 Å². The number of nitrogens with zero attached hydrogens (tertiary/aromatic N) is 4. The standard InChI is InChI=1S/C18H23N5O3/c1-12-7-4-5-8-13(12)11-23-14-15(20-17(23)19-9-6-10-24)21(2)18(26)22(3)16(14)25/h4-5,7-8,24H,6,9-11H2,1-3H3,(H,19,20). The van der Waals surface area contributed by atoms with E-state index in [9.17, 15) is 9.59 Å². The molecule has 8 heteroatoms. The molecule has 0 atom stereocenters. The van der Waals surface area contributed by atoms with E-state index < -0.39 is 5.69 Å². The third-order valence-electron chi connectivity index (χ3n) is 4.56. The van der Waals surface area contributed by atoms with Crippen molar-refractivity contribution in [3.05, 3.63) is 56.2 Å². The topological polar surface area (TPSA) is 94.1 Å². The van der Waals surface area contributed by atoms with E-state index in [1.165, 1.54) is 11.6 Å². The molecule has 1 aromatic carbocycles. The van der Waals surface area contributed by atoms with Crippen LogP contribution in [0.15, 0.2) is 33.9 Å². The Morgan fingerprint density at radius 2 is 1.88 bits per heavy atom. The molecule has 8 nitrogen and oxygen atoms in total. The van der Waals surface area contributed by atoms with Gasteiger partial charge in [0.05, 0.1) is 6.54 Å². The van der Waals surface area contributed by atoms with Gasteiger partial charge in [-0.3, -0.25) is 18.5 Å². The predicted molar refractivity (Wildman–Crippen MR) is 101 cm³/mol. The molecule has 0 fully saturated rings. The van der Waals surface area contributed by atoms with Crippen LogP contribution in [0.1, 0.15) is 17.5 Å². The summed E-state index contributed by atoms with van der Waals surface area (Å²) in [6.07, 6.45) is 0.560. The molecule has 26 heavy (non-hydrogen) atoms. The van der Waals surface area contributed by atoms with Crippen molar-refractivity contribution in [2.45, 2.75) is 19.9 Å². The number of aryl methyl sites for hydroxylation is 2. The average Bonchev–Trinajstić information content (AvgIpc) is 2.99. The molecule has 0 radical (unpaired) electrons. The van der Waals surface area contributed by atoms with Gasteiger partial charge in [0.15, 0.2) is 11.2 Å². The quantitative estimate of drug-likeness (QED) is 0.630. The smallest absolute Gasteiger partial charge is 0.332 e. The molecule has 3 rings (SSSR count). The molecule has 0 aliphatic rings. The summed E-state index contributed by atoms with van der Waals surface area (Å²) in [5.74, 6) is 0.509. The number of rotatable bonds is 6. The summed E-state index contributed by atoms with van der Waals surface area (Å²) in [6.45, 7) is 3.05. The summed E-state index contributed by atoms with van der Waals surface area (Å²) in [7, 11) is 3.07. The Balaban J connectivity index is 2.23. The van der Waals surface area contributed by atoms with Crippen molar-refractivity contribution in [1.82, 2.24) is 18.7 Å². The van der Waals surface area contributed by atoms with Crippen molar-refractivity contribution >= 4 is 17.1 Å². The SMILES string of the molecule is Cc1ccccc1Cn1c(NCCCO)nc2c1c(=O)n(C)c(=O)n2C. The first-order chi connectivity index (χ1) is 12.5. The van der Waals surface area contributed by atoms with E-state index in [0.717, 1.165) is 15.7 Å². The highest BCUT2D eigenvalue weighted by atomic mass is 16.3. The molecule has 138 valence electrons. The fourth-order valence-corrected chi connectivity index (χ4v) is 2.97. The molecule has 0 amide bonds. The van der Waals surface area contributed by atoms with E-state index in [1.807, 2.05) is 31.2 Å². The molecule has 3 aromatic rings. The van der Waals surface area contributed by atoms with Gasteiger partial charge >= 0.3 is 5.69 Å². The van der Waals surface area contributed by atoms with Gasteiger partial charge in [-0.25, -0.2) is 4.79 Å². The Labute approximate surface area is 150 Å². The third kappa shape index (κ3) is 3.03. The van der Waals surface area contributed by atoms with E-state index >= 15 is 0 Å². The van der Waals surface area contributed by atoms with Crippen LogP contribution >= 0.6 is 0 Å². The molecular weight excluding hydrogens is 334 g/mol. The Morgan fingerprint density at radius 3 is 2.58 bits per heavy atom. The zero-order chi connectivity index (χ0) is 18.8. The fraction of sp³-hybridized carbons (Fsp3) is 0.389. The van der Waals surface area contributed by atoms with Gasteiger partial charge in [-0.2, -0.15) is 4.98 Å². The first-order valence-corrected chi connectivity index (χ1v) is 8.51. The number of imidazole rings is 1. The number of hydrogen-bond acceptors (Lipinski definition) is 5. The molecule has 2 N–H and O–H groups in total. The van der Waals surface area contributed by atoms with Gasteiger partial charge in [0.1, 0.15) is 0 Å². The predicted octanol–water partition coefficient (Wildman–Crippen LogP) is 0.585. The van der Waals surface area contributed by atoms with Crippen molar-refractivity contribution in [2.75, 3.05) is 18.5 Å². The van der Waals surface area contributed by atoms with Crippen molar-refractivity contribution in [3.8, 4) is 0 Å². The lowest BCUT2D eigenvalue weighted by Gasteiger charge is -2.12. The number of aliphatic hydroxyl groups excluding tert-OH is 1. The monoisotopic (exact) mass is 357 g/mol. The van der Waals surface area contributed by atoms with E-state index in [2.05, 4.69) is 10.3 Å². The minimum absolute atomic E-state index is 0.0608. The Morgan fingerprint density at radius 1 is 1.15 bits per heavy atom. The van der Waals surface area contributed by atoms with Crippen LogP contribution < -0.4 is 16.6 Å². The molecule has 0 spiro atoms. The highest BCUT2D eigenvalue weighted by Gasteiger charge is 2.19. The van der Waals surface area contributed by atoms with Gasteiger partial charge in [-0.05, 0) is 24.5 Å². The summed E-state index contributed by atoms with van der Waals surface area (Å²) in [4.78, 5) is 29.5. The van der Waals surface area contributed by atoms with Gasteiger partial charge < -0.3 is 10.4 Å². The molecule has 0 saturated carbocycles. The molecule has 0 aliphatic heterocycles. The van der Waals surface area contributed by atoms with Gasteiger partial charge in [0.2, 0.25) is 5.95 Å². The number of anilines is 1. The average molecular weight is 357 g/mol. The number of benzene rings is 1. The maximum atomic E-state index is 12.8. The van der Waals surface area contributed by atoms with Crippen LogP contribution in [0, 0.1) is 6.92 Å². The minimum atomic E-state index is -0.412. The van der Waals surface area contributed by atoms with E-state index in [-0.39, 0.29) is 12.2 Å². The Kier molecular flexibility index (Phi) is 4.94. The summed E-state index contributed by atoms with van der Waals surface area (Å²) >= 11 is 0. The van der Waals surface area contributed by atoms with Gasteiger partial charge in [0.25, 0.3) is 5.56 Å². The third-order valence-corrected chi connectivity index (χ3v) is 4.56. The van der Waals surface area contributed by atoms with Crippen molar-refractivity contribution in [1.29, 1.82) is 0 Å². The molecule has 0 unspecified atom stereocenters. The number of fused-ring (bicyclic) bond motifs is 1. The summed E-state index contributed by atoms with van der Waals surface area (Å²) in [6, 6.07) is 7.94. The lowest BCUT2D eigenvalue weighted by Crippen LogP contribution is -2.37. The normalized spacial score (nSPS) is 11.2. The van der Waals surface area contributed by atoms with Crippen molar-refractivity contribution in [3.63, 3.8) is 0 Å². The number of nitrogens with one attached hydrogen (secondary N) is 1. The van der Waals surface area contributed by atoms with E-state index in [0.29, 0.717) is 36.6 Å². The summed E-state index contributed by atoms with van der Waals surface area (Å²) in [5.41, 5.74) is 2.11. The first-order valence-electron chi connectivity index (χ1n) is 8.51. The van der Waals surface area contributed by atoms with E-state index in [4.69, 9.17) is 5.11 Å². The van der Waals surface area contributed by atoms with Crippen LogP contribution in [0.25, 0.3) is 11.2 Å². The summed E-state index contributed by atoms with van der Waals surface area (Å²) in [5, 5.41) is 12.2. The number of aliphatic hydroxyl groups is 1. The van der Waals surface area contributed by atoms with Crippen LogP contribution in [0.4, 0.5) is 5.95 Å². The second kappa shape index (κ2) is 7.17. The molecule has 2 aromatic heterocycles. The largest absolute Gasteiger partial charge is 0.396 e. The van der Waals surface area contributed by atoms with Crippen LogP contribution in [0.3, 0.4) is 0 Å². The molecule has 0 bridgehead atoms. The highest BCUT2D eigenvalue weighted by Crippen LogP contribution is 2.19. The maximum absolute atomic E-state index is 12.8. The van der Waals surface area contributed by atoms with Crippen molar-refractivity contribution < 1.29 is 5.11 Å². The second-order valence-electron chi connectivity index (χ2n) is 6.33. The number of hydrogen-bond donors (Lipinski definition) is 2. The van der Waals surface area contributed by atoms with Crippen LogP contribution in [0.5, 0.6) is 0 Å². The molecular formula is C18H23N5O3. The summed E-state index contributed by atoms with van der Waals surface area (Å²) < 4.78 is 4.27. The fourth-order valence-electron chi connectivity index (χ4n) is 2.97. The van der Waals surface area contributed by atoms with Crippen LogP contribution in [-0.4, -0.2) is 36.9 Å². The zero-order valence-electron chi connectivity index (χ0n) is 15.2. The lowest BCUT2D eigenvalue weighted by atomic mass is 10.1. The Bertz CT molecular complexity index is 1060. The maximum Gasteiger partial charge on any atom is 0.332 e. The second-order valence-corrected chi connectivity index (χ2v) is 6.33. The van der Waals surface area contributed by atoms with Crippen LogP contribution in [0.2, 0.25) is 0 Å². The van der Waals surface area contributed by atoms with Crippen LogP contribution in [-0.2, 0) is 20.6 Å². The Hall–Kier alpha value is -2.87. The minimum Gasteiger partial charge on any atom is -0.396 e. The van der Waals surface area contributed by atoms with Gasteiger partial charge in [-0.1, -0.05) is 24.3 Å². The molecule has 0 saturated heterocycles. The van der Waals surface area contributed by atoms with Gasteiger partial charge in [-0.15, -0.1) is 0 Å². The molecule has 2 heterocycles. The zero-order valence-corrected chi connectivity index (χ0v) is 15.2. The van der Waals surface area contributed by atoms with E-state index in [1.54, 1.807) is 11.6 Å². The highest BCUT2D eigenvalue weighted by molar-refractivity contribution is 5.74.